The molecule has 2 atom stereocenters. The van der Waals surface area contributed by atoms with Gasteiger partial charge in [-0.05, 0) is 31.2 Å². The van der Waals surface area contributed by atoms with Gasteiger partial charge in [0.05, 0.1) is 24.1 Å². The van der Waals surface area contributed by atoms with Crippen LogP contribution in [0.5, 0.6) is 11.8 Å². The van der Waals surface area contributed by atoms with E-state index in [0.717, 1.165) is 18.4 Å². The van der Waals surface area contributed by atoms with Crippen LogP contribution in [0.3, 0.4) is 0 Å². The van der Waals surface area contributed by atoms with E-state index in [1.807, 2.05) is 30.3 Å². The smallest absolute Gasteiger partial charge is 0.317 e. The molecule has 1 saturated heterocycles. The molecule has 0 spiro atoms. The summed E-state index contributed by atoms with van der Waals surface area (Å²) in [4.78, 5) is 42.9. The summed E-state index contributed by atoms with van der Waals surface area (Å²) < 4.78 is 0. The number of urea groups is 1. The maximum Gasteiger partial charge on any atom is 0.317 e. The molecule has 178 valence electrons. The van der Waals surface area contributed by atoms with Gasteiger partial charge in [0.2, 0.25) is 11.8 Å². The number of carbonyl (C=O) groups excluding carboxylic acids is 3. The minimum Gasteiger partial charge on any atom is -0.494 e. The van der Waals surface area contributed by atoms with E-state index in [1.165, 1.54) is 6.92 Å². The summed E-state index contributed by atoms with van der Waals surface area (Å²) in [5.41, 5.74) is 0.961. The van der Waals surface area contributed by atoms with Gasteiger partial charge in [-0.3, -0.25) is 14.6 Å². The lowest BCUT2D eigenvalue weighted by Gasteiger charge is -2.25. The molecule has 2 aromatic rings. The number of aromatic hydroxyl groups is 2. The zero-order valence-electron chi connectivity index (χ0n) is 19.2. The number of benzene rings is 1. The van der Waals surface area contributed by atoms with E-state index in [9.17, 15) is 24.6 Å². The normalized spacial score (nSPS) is 15.3. The predicted octanol–water partition coefficient (Wildman–Crippen LogP) is 2.99. The number of Topliss-reactive ketones (excluding diaryl/α,β-unsaturated/α-hetero) is 1. The number of nitrogens with zero attached hydrogens (tertiary/aromatic N) is 1. The molecular weight excluding hydrogens is 424 g/mol. The predicted molar refractivity (Wildman–Crippen MR) is 123 cm³/mol. The molecule has 1 aliphatic rings. The molecule has 5 N–H and O–H groups in total. The van der Waals surface area contributed by atoms with Crippen molar-refractivity contribution in [2.45, 2.75) is 52.1 Å². The van der Waals surface area contributed by atoms with E-state index in [1.54, 1.807) is 18.7 Å². The van der Waals surface area contributed by atoms with Crippen LogP contribution < -0.4 is 10.6 Å². The van der Waals surface area contributed by atoms with Crippen molar-refractivity contribution in [2.24, 2.45) is 5.92 Å². The Morgan fingerprint density at radius 2 is 1.67 bits per heavy atom. The van der Waals surface area contributed by atoms with Gasteiger partial charge in [-0.1, -0.05) is 44.2 Å². The molecule has 1 aromatic carbocycles. The fourth-order valence-electron chi connectivity index (χ4n) is 4.07. The highest BCUT2D eigenvalue weighted by molar-refractivity contribution is 6.05. The van der Waals surface area contributed by atoms with E-state index in [0.29, 0.717) is 13.1 Å². The molecule has 0 bridgehead atoms. The summed E-state index contributed by atoms with van der Waals surface area (Å²) in [6.07, 6.45) is 1.87. The lowest BCUT2D eigenvalue weighted by molar-refractivity contribution is -0.122. The molecule has 3 amide bonds. The van der Waals surface area contributed by atoms with Crippen molar-refractivity contribution in [3.8, 4) is 11.8 Å². The number of nitrogens with one attached hydrogen (secondary N) is 3. The SMILES string of the molecule is Cc1c(O)[nH]c(O)c1C(=O)[C@@H](NC(=O)CC(NC(=O)N1CCCC1)c1ccccc1)C(C)C. The number of hydrogen-bond acceptors (Lipinski definition) is 5. The zero-order valence-corrected chi connectivity index (χ0v) is 19.2. The fraction of sp³-hybridized carbons (Fsp3) is 0.458. The lowest BCUT2D eigenvalue weighted by Crippen LogP contribution is -2.46. The second-order valence-electron chi connectivity index (χ2n) is 8.79. The van der Waals surface area contributed by atoms with Crippen LogP contribution in [0.4, 0.5) is 4.79 Å². The van der Waals surface area contributed by atoms with Crippen LogP contribution >= 0.6 is 0 Å². The topological polar surface area (TPSA) is 135 Å². The number of likely N-dealkylation sites (tertiary alicyclic amines) is 1. The summed E-state index contributed by atoms with van der Waals surface area (Å²) in [5.74, 6) is -1.91. The van der Waals surface area contributed by atoms with Crippen molar-refractivity contribution >= 4 is 17.7 Å². The molecular formula is C24H32N4O5. The molecule has 33 heavy (non-hydrogen) atoms. The second kappa shape index (κ2) is 10.4. The largest absolute Gasteiger partial charge is 0.494 e. The molecule has 3 rings (SSSR count). The Balaban J connectivity index is 1.75. The Morgan fingerprint density at radius 1 is 1.03 bits per heavy atom. The summed E-state index contributed by atoms with van der Waals surface area (Å²) in [7, 11) is 0. The van der Waals surface area contributed by atoms with Crippen LogP contribution in [-0.2, 0) is 4.79 Å². The first-order valence-electron chi connectivity index (χ1n) is 11.2. The van der Waals surface area contributed by atoms with E-state index in [2.05, 4.69) is 15.6 Å². The third-order valence-electron chi connectivity index (χ3n) is 6.00. The van der Waals surface area contributed by atoms with E-state index in [4.69, 9.17) is 0 Å². The molecule has 0 aliphatic carbocycles. The Hall–Kier alpha value is -3.49. The van der Waals surface area contributed by atoms with E-state index < -0.39 is 29.7 Å². The molecule has 9 nitrogen and oxygen atoms in total. The summed E-state index contributed by atoms with van der Waals surface area (Å²) in [6.45, 7) is 6.46. The first-order chi connectivity index (χ1) is 15.7. The first-order valence-corrected chi connectivity index (χ1v) is 11.2. The fourth-order valence-corrected chi connectivity index (χ4v) is 4.07. The molecule has 0 saturated carbocycles. The molecule has 9 heteroatoms. The van der Waals surface area contributed by atoms with Gasteiger partial charge in [0, 0.05) is 18.7 Å². The average Bonchev–Trinajstić information content (AvgIpc) is 3.40. The van der Waals surface area contributed by atoms with Gasteiger partial charge < -0.3 is 25.7 Å². The highest BCUT2D eigenvalue weighted by atomic mass is 16.3. The number of amides is 3. The number of H-pyrrole nitrogens is 1. The van der Waals surface area contributed by atoms with Crippen molar-refractivity contribution in [1.29, 1.82) is 0 Å². The first kappa shape index (κ1) is 24.2. The van der Waals surface area contributed by atoms with Crippen molar-refractivity contribution in [1.82, 2.24) is 20.5 Å². The average molecular weight is 457 g/mol. The number of aromatic nitrogens is 1. The van der Waals surface area contributed by atoms with Gasteiger partial charge in [0.15, 0.2) is 11.7 Å². The Bertz CT molecular complexity index is 996. The van der Waals surface area contributed by atoms with Gasteiger partial charge >= 0.3 is 6.03 Å². The van der Waals surface area contributed by atoms with Gasteiger partial charge in [-0.25, -0.2) is 4.79 Å². The van der Waals surface area contributed by atoms with Gasteiger partial charge in [0.25, 0.3) is 0 Å². The van der Waals surface area contributed by atoms with E-state index in [-0.39, 0.29) is 35.4 Å². The monoisotopic (exact) mass is 456 g/mol. The second-order valence-corrected chi connectivity index (χ2v) is 8.79. The Kier molecular flexibility index (Phi) is 7.63. The van der Waals surface area contributed by atoms with E-state index >= 15 is 0 Å². The Morgan fingerprint density at radius 3 is 2.21 bits per heavy atom. The van der Waals surface area contributed by atoms with Crippen LogP contribution in [-0.4, -0.2) is 56.9 Å². The van der Waals surface area contributed by atoms with Crippen LogP contribution in [0.2, 0.25) is 0 Å². The number of ketones is 1. The van der Waals surface area contributed by atoms with Gasteiger partial charge in [0.1, 0.15) is 0 Å². The standard InChI is InChI=1S/C24H32N4O5/c1-14(2)20(21(30)19-15(3)22(31)27-23(19)32)26-18(29)13-17(16-9-5-4-6-10-16)25-24(33)28-11-7-8-12-28/h4-6,9-10,14,17,20,27,31-32H,7-8,11-13H2,1-3H3,(H,25,33)(H,26,29)/t17?,20-/m0/s1. The summed E-state index contributed by atoms with van der Waals surface area (Å²) in [6, 6.07) is 7.54. The lowest BCUT2D eigenvalue weighted by atomic mass is 9.93. The number of hydrogen-bond donors (Lipinski definition) is 5. The van der Waals surface area contributed by atoms with Crippen LogP contribution in [0.1, 0.15) is 60.6 Å². The van der Waals surface area contributed by atoms with Crippen molar-refractivity contribution in [3.05, 3.63) is 47.0 Å². The third kappa shape index (κ3) is 5.66. The van der Waals surface area contributed by atoms with Crippen molar-refractivity contribution in [3.63, 3.8) is 0 Å². The Labute approximate surface area is 193 Å². The highest BCUT2D eigenvalue weighted by Gasteiger charge is 2.32. The maximum atomic E-state index is 13.1. The zero-order chi connectivity index (χ0) is 24.1. The number of carbonyl (C=O) groups is 3. The number of aromatic amines is 1. The van der Waals surface area contributed by atoms with Crippen LogP contribution in [0.25, 0.3) is 0 Å². The molecule has 1 aromatic heterocycles. The minimum atomic E-state index is -0.914. The molecule has 1 aliphatic heterocycles. The third-order valence-corrected chi connectivity index (χ3v) is 6.00. The summed E-state index contributed by atoms with van der Waals surface area (Å²) >= 11 is 0. The molecule has 1 unspecified atom stereocenters. The van der Waals surface area contributed by atoms with Crippen molar-refractivity contribution < 1.29 is 24.6 Å². The molecule has 2 heterocycles. The maximum absolute atomic E-state index is 13.1. The van der Waals surface area contributed by atoms with Crippen molar-refractivity contribution in [2.75, 3.05) is 13.1 Å². The van der Waals surface area contributed by atoms with Gasteiger partial charge in [-0.2, -0.15) is 0 Å². The van der Waals surface area contributed by atoms with Gasteiger partial charge in [-0.15, -0.1) is 0 Å². The highest BCUT2D eigenvalue weighted by Crippen LogP contribution is 2.30. The van der Waals surface area contributed by atoms with Crippen LogP contribution in [0, 0.1) is 12.8 Å². The quantitative estimate of drug-likeness (QED) is 0.389. The minimum absolute atomic E-state index is 0.0477. The molecule has 0 radical (unpaired) electrons. The number of rotatable bonds is 8. The van der Waals surface area contributed by atoms with Crippen LogP contribution in [0.15, 0.2) is 30.3 Å². The molecule has 1 fully saturated rings. The summed E-state index contributed by atoms with van der Waals surface area (Å²) in [5, 5.41) is 25.6.